The van der Waals surface area contributed by atoms with Gasteiger partial charge in [0.25, 0.3) is 0 Å². The topological polar surface area (TPSA) is 20.2 Å². The lowest BCUT2D eigenvalue weighted by molar-refractivity contribution is -0.271. The standard InChI is InChI=1S/C11H10BrF3O/c12-8-3-4-9-7(6-8)2-1-5-10(9,16)11(13,14)15/h3-4,6,16H,1-2,5H2. The van der Waals surface area contributed by atoms with Gasteiger partial charge in [-0.05, 0) is 42.5 Å². The minimum atomic E-state index is -4.62. The van der Waals surface area contributed by atoms with Crippen molar-refractivity contribution < 1.29 is 18.3 Å². The number of hydrogen-bond donors (Lipinski definition) is 1. The van der Waals surface area contributed by atoms with Gasteiger partial charge in [0, 0.05) is 4.47 Å². The van der Waals surface area contributed by atoms with Crippen LogP contribution in [-0.2, 0) is 12.0 Å². The fourth-order valence-corrected chi connectivity index (χ4v) is 2.54. The van der Waals surface area contributed by atoms with Crippen LogP contribution in [0.1, 0.15) is 24.0 Å². The van der Waals surface area contributed by atoms with E-state index >= 15 is 0 Å². The average molecular weight is 295 g/mol. The maximum Gasteiger partial charge on any atom is 0.421 e. The van der Waals surface area contributed by atoms with E-state index in [-0.39, 0.29) is 12.0 Å². The molecule has 1 atom stereocenters. The Balaban J connectivity index is 2.56. The molecule has 1 aromatic carbocycles. The van der Waals surface area contributed by atoms with E-state index in [9.17, 15) is 18.3 Å². The molecule has 0 radical (unpaired) electrons. The lowest BCUT2D eigenvalue weighted by Gasteiger charge is -2.36. The van der Waals surface area contributed by atoms with Crippen LogP contribution in [0.2, 0.25) is 0 Å². The maximum absolute atomic E-state index is 12.8. The van der Waals surface area contributed by atoms with Crippen molar-refractivity contribution >= 4 is 15.9 Å². The number of hydrogen-bond acceptors (Lipinski definition) is 1. The van der Waals surface area contributed by atoms with Crippen molar-refractivity contribution in [3.63, 3.8) is 0 Å². The molecule has 0 aromatic heterocycles. The Morgan fingerprint density at radius 3 is 2.62 bits per heavy atom. The zero-order valence-corrected chi connectivity index (χ0v) is 9.90. The largest absolute Gasteiger partial charge is 0.421 e. The predicted octanol–water partition coefficient (Wildman–Crippen LogP) is 3.54. The summed E-state index contributed by atoms with van der Waals surface area (Å²) in [5.74, 6) is 0. The van der Waals surface area contributed by atoms with Crippen LogP contribution in [0, 0.1) is 0 Å². The van der Waals surface area contributed by atoms with E-state index in [1.54, 1.807) is 6.07 Å². The summed E-state index contributed by atoms with van der Waals surface area (Å²) in [6.45, 7) is 0. The Morgan fingerprint density at radius 1 is 1.31 bits per heavy atom. The Labute approximate surface area is 99.4 Å². The highest BCUT2D eigenvalue weighted by atomic mass is 79.9. The van der Waals surface area contributed by atoms with E-state index in [4.69, 9.17) is 0 Å². The van der Waals surface area contributed by atoms with E-state index in [1.165, 1.54) is 12.1 Å². The summed E-state index contributed by atoms with van der Waals surface area (Å²) in [5.41, 5.74) is -2.11. The highest BCUT2D eigenvalue weighted by Gasteiger charge is 2.56. The number of aryl methyl sites for hydroxylation is 1. The Bertz CT molecular complexity index is 416. The molecule has 0 saturated heterocycles. The SMILES string of the molecule is OC1(C(F)(F)F)CCCc2cc(Br)ccc21. The second-order valence-corrected chi connectivity index (χ2v) is 4.93. The number of halogens is 4. The van der Waals surface area contributed by atoms with Crippen molar-refractivity contribution in [2.24, 2.45) is 0 Å². The highest BCUT2D eigenvalue weighted by molar-refractivity contribution is 9.10. The van der Waals surface area contributed by atoms with Crippen molar-refractivity contribution in [1.29, 1.82) is 0 Å². The van der Waals surface area contributed by atoms with E-state index in [0.29, 0.717) is 18.4 Å². The molecule has 2 rings (SSSR count). The zero-order chi connectivity index (χ0) is 12.0. The van der Waals surface area contributed by atoms with Crippen LogP contribution in [0.25, 0.3) is 0 Å². The van der Waals surface area contributed by atoms with E-state index in [1.807, 2.05) is 0 Å². The third-order valence-corrected chi connectivity index (χ3v) is 3.46. The summed E-state index contributed by atoms with van der Waals surface area (Å²) in [4.78, 5) is 0. The first-order valence-corrected chi connectivity index (χ1v) is 5.72. The minimum Gasteiger partial charge on any atom is -0.376 e. The lowest BCUT2D eigenvalue weighted by atomic mass is 9.79. The van der Waals surface area contributed by atoms with E-state index in [0.717, 1.165) is 4.47 Å². The number of rotatable bonds is 0. The molecule has 1 unspecified atom stereocenters. The Morgan fingerprint density at radius 2 is 2.00 bits per heavy atom. The van der Waals surface area contributed by atoms with Crippen molar-refractivity contribution in [3.8, 4) is 0 Å². The molecule has 0 spiro atoms. The third kappa shape index (κ3) is 1.76. The quantitative estimate of drug-likeness (QED) is 0.776. The van der Waals surface area contributed by atoms with E-state index in [2.05, 4.69) is 15.9 Å². The van der Waals surface area contributed by atoms with Gasteiger partial charge < -0.3 is 5.11 Å². The summed E-state index contributed by atoms with van der Waals surface area (Å²) >= 11 is 3.22. The molecular weight excluding hydrogens is 285 g/mol. The van der Waals surface area contributed by atoms with Crippen LogP contribution >= 0.6 is 15.9 Å². The molecule has 1 aliphatic rings. The molecular formula is C11H10BrF3O. The minimum absolute atomic E-state index is 0.00514. The summed E-state index contributed by atoms with van der Waals surface area (Å²) in [7, 11) is 0. The van der Waals surface area contributed by atoms with Gasteiger partial charge in [0.15, 0.2) is 5.60 Å². The molecule has 5 heteroatoms. The van der Waals surface area contributed by atoms with Crippen molar-refractivity contribution in [2.75, 3.05) is 0 Å². The highest BCUT2D eigenvalue weighted by Crippen LogP contribution is 2.46. The number of benzene rings is 1. The predicted molar refractivity (Wildman–Crippen MR) is 57.0 cm³/mol. The van der Waals surface area contributed by atoms with Crippen molar-refractivity contribution in [3.05, 3.63) is 33.8 Å². The van der Waals surface area contributed by atoms with Crippen LogP contribution in [-0.4, -0.2) is 11.3 Å². The molecule has 0 heterocycles. The van der Waals surface area contributed by atoms with Crippen LogP contribution in [0.5, 0.6) is 0 Å². The van der Waals surface area contributed by atoms with Crippen LogP contribution in [0.15, 0.2) is 22.7 Å². The zero-order valence-electron chi connectivity index (χ0n) is 8.31. The molecule has 0 saturated carbocycles. The normalized spacial score (nSPS) is 25.3. The molecule has 16 heavy (non-hydrogen) atoms. The molecule has 1 nitrogen and oxygen atoms in total. The molecule has 88 valence electrons. The molecule has 0 aliphatic heterocycles. The van der Waals surface area contributed by atoms with Gasteiger partial charge in [0.05, 0.1) is 0 Å². The molecule has 1 N–H and O–H groups in total. The van der Waals surface area contributed by atoms with Gasteiger partial charge in [-0.15, -0.1) is 0 Å². The van der Waals surface area contributed by atoms with E-state index < -0.39 is 11.8 Å². The summed E-state index contributed by atoms with van der Waals surface area (Å²) in [5, 5.41) is 9.81. The Kier molecular flexibility index (Phi) is 2.78. The van der Waals surface area contributed by atoms with Crippen molar-refractivity contribution in [1.82, 2.24) is 0 Å². The maximum atomic E-state index is 12.8. The first kappa shape index (κ1) is 11.9. The van der Waals surface area contributed by atoms with Crippen LogP contribution in [0.3, 0.4) is 0 Å². The third-order valence-electron chi connectivity index (χ3n) is 2.97. The lowest BCUT2D eigenvalue weighted by Crippen LogP contribution is -2.44. The van der Waals surface area contributed by atoms with Gasteiger partial charge in [-0.2, -0.15) is 13.2 Å². The number of aliphatic hydroxyl groups is 1. The molecule has 1 aromatic rings. The van der Waals surface area contributed by atoms with Gasteiger partial charge >= 0.3 is 6.18 Å². The van der Waals surface area contributed by atoms with Gasteiger partial charge in [0.1, 0.15) is 0 Å². The van der Waals surface area contributed by atoms with Gasteiger partial charge in [0.2, 0.25) is 0 Å². The summed E-state index contributed by atoms with van der Waals surface area (Å²) in [6.07, 6.45) is -3.95. The van der Waals surface area contributed by atoms with Crippen molar-refractivity contribution in [2.45, 2.75) is 31.0 Å². The first-order chi connectivity index (χ1) is 7.34. The summed E-state index contributed by atoms with van der Waals surface area (Å²) in [6, 6.07) is 4.53. The average Bonchev–Trinajstić information content (AvgIpc) is 2.15. The van der Waals surface area contributed by atoms with Gasteiger partial charge in [-0.25, -0.2) is 0 Å². The number of alkyl halides is 3. The van der Waals surface area contributed by atoms with Crippen LogP contribution < -0.4 is 0 Å². The Hall–Kier alpha value is -0.550. The molecule has 0 fully saturated rings. The fourth-order valence-electron chi connectivity index (χ4n) is 2.14. The van der Waals surface area contributed by atoms with Crippen LogP contribution in [0.4, 0.5) is 13.2 Å². The fraction of sp³-hybridized carbons (Fsp3) is 0.455. The summed E-state index contributed by atoms with van der Waals surface area (Å²) < 4.78 is 39.3. The molecule has 0 amide bonds. The molecule has 0 bridgehead atoms. The molecule has 1 aliphatic carbocycles. The number of fused-ring (bicyclic) bond motifs is 1. The smallest absolute Gasteiger partial charge is 0.376 e. The van der Waals surface area contributed by atoms with Gasteiger partial charge in [-0.1, -0.05) is 22.0 Å². The second kappa shape index (κ2) is 3.74. The first-order valence-electron chi connectivity index (χ1n) is 4.92. The van der Waals surface area contributed by atoms with Gasteiger partial charge in [-0.3, -0.25) is 0 Å². The second-order valence-electron chi connectivity index (χ2n) is 4.01. The monoisotopic (exact) mass is 294 g/mol.